The fourth-order valence-corrected chi connectivity index (χ4v) is 4.51. The molecule has 5 aromatic rings. The lowest BCUT2D eigenvalue weighted by Crippen LogP contribution is -2.17. The van der Waals surface area contributed by atoms with Gasteiger partial charge in [-0.15, -0.1) is 0 Å². The summed E-state index contributed by atoms with van der Waals surface area (Å²) in [7, 11) is 0. The number of hydrogen-bond acceptors (Lipinski definition) is 4. The summed E-state index contributed by atoms with van der Waals surface area (Å²) in [5.41, 5.74) is 9.56. The molecule has 5 aromatic carbocycles. The van der Waals surface area contributed by atoms with E-state index in [4.69, 9.17) is 4.74 Å². The molecule has 0 radical (unpaired) electrons. The second-order valence-corrected chi connectivity index (χ2v) is 11.1. The van der Waals surface area contributed by atoms with Crippen molar-refractivity contribution in [1.29, 1.82) is 0 Å². The number of benzene rings is 5. The van der Waals surface area contributed by atoms with Crippen LogP contribution in [0.2, 0.25) is 0 Å². The second kappa shape index (κ2) is 13.0. The van der Waals surface area contributed by atoms with Crippen LogP contribution in [0.15, 0.2) is 139 Å². The van der Waals surface area contributed by atoms with E-state index >= 15 is 0 Å². The van der Waals surface area contributed by atoms with E-state index in [1.165, 1.54) is 5.56 Å². The largest absolute Gasteiger partial charge is 0.489 e. The third-order valence-corrected chi connectivity index (χ3v) is 6.90. The van der Waals surface area contributed by atoms with Gasteiger partial charge in [-0.3, -0.25) is 4.79 Å². The first-order valence-corrected chi connectivity index (χ1v) is 14.0. The van der Waals surface area contributed by atoms with Crippen LogP contribution in [0.25, 0.3) is 0 Å². The highest BCUT2D eigenvalue weighted by Crippen LogP contribution is 2.34. The number of hydrazone groups is 1. The highest BCUT2D eigenvalue weighted by molar-refractivity contribution is 5.95. The number of nitrogens with one attached hydrogen (secondary N) is 1. The molecule has 0 unspecified atom stereocenters. The Morgan fingerprint density at radius 2 is 1.26 bits per heavy atom. The van der Waals surface area contributed by atoms with Gasteiger partial charge < -0.3 is 9.64 Å². The van der Waals surface area contributed by atoms with Gasteiger partial charge in [0.05, 0.1) is 6.21 Å². The first-order chi connectivity index (χ1) is 20.4. The third-order valence-electron chi connectivity index (χ3n) is 6.90. The third kappa shape index (κ3) is 7.32. The number of ether oxygens (including phenoxy) is 1. The zero-order chi connectivity index (χ0) is 29.4. The number of rotatable bonds is 9. The maximum absolute atomic E-state index is 12.6. The summed E-state index contributed by atoms with van der Waals surface area (Å²) in [6.45, 7) is 7.00. The number of para-hydroxylation sites is 2. The van der Waals surface area contributed by atoms with E-state index in [-0.39, 0.29) is 11.3 Å². The fourth-order valence-electron chi connectivity index (χ4n) is 4.51. The Hall–Kier alpha value is -5.16. The molecular formula is C37H35N3O2. The normalized spacial score (nSPS) is 11.3. The summed E-state index contributed by atoms with van der Waals surface area (Å²) in [5, 5.41) is 4.17. The van der Waals surface area contributed by atoms with Gasteiger partial charge in [0, 0.05) is 22.6 Å². The first-order valence-electron chi connectivity index (χ1n) is 14.0. The minimum atomic E-state index is -0.271. The molecule has 0 atom stereocenters. The van der Waals surface area contributed by atoms with Crippen LogP contribution >= 0.6 is 0 Å². The van der Waals surface area contributed by atoms with Gasteiger partial charge in [0.2, 0.25) is 0 Å². The number of carbonyl (C=O) groups excluding carboxylic acids is 1. The van der Waals surface area contributed by atoms with Crippen LogP contribution in [0.3, 0.4) is 0 Å². The molecule has 5 nitrogen and oxygen atoms in total. The summed E-state index contributed by atoms with van der Waals surface area (Å²) in [6, 6.07) is 44.1. The predicted molar refractivity (Wildman–Crippen MR) is 172 cm³/mol. The SMILES string of the molecule is CC(C)(C)c1ccc(OCc2ccc(C(=O)N/N=C/c3ccc(N(c4ccccc4)c4ccccc4)cc3)cc2)cc1. The molecule has 5 rings (SSSR count). The van der Waals surface area contributed by atoms with E-state index in [1.807, 2.05) is 84.9 Å². The average Bonchev–Trinajstić information content (AvgIpc) is 3.02. The van der Waals surface area contributed by atoms with Crippen molar-refractivity contribution in [3.63, 3.8) is 0 Å². The maximum atomic E-state index is 12.6. The lowest BCUT2D eigenvalue weighted by Gasteiger charge is -2.25. The van der Waals surface area contributed by atoms with E-state index in [2.05, 4.69) is 72.6 Å². The lowest BCUT2D eigenvalue weighted by atomic mass is 9.87. The molecule has 0 heterocycles. The van der Waals surface area contributed by atoms with Gasteiger partial charge in [0.1, 0.15) is 12.4 Å². The molecule has 0 bridgehead atoms. The minimum Gasteiger partial charge on any atom is -0.489 e. The van der Waals surface area contributed by atoms with Gasteiger partial charge in [-0.1, -0.05) is 93.6 Å². The van der Waals surface area contributed by atoms with E-state index in [0.29, 0.717) is 12.2 Å². The molecule has 0 spiro atoms. The predicted octanol–water partition coefficient (Wildman–Crippen LogP) is 8.80. The van der Waals surface area contributed by atoms with Crippen LogP contribution in [-0.4, -0.2) is 12.1 Å². The van der Waals surface area contributed by atoms with Gasteiger partial charge in [-0.05, 0) is 82.8 Å². The van der Waals surface area contributed by atoms with Crippen molar-refractivity contribution in [1.82, 2.24) is 5.43 Å². The van der Waals surface area contributed by atoms with Crippen LogP contribution in [-0.2, 0) is 12.0 Å². The van der Waals surface area contributed by atoms with Gasteiger partial charge in [-0.25, -0.2) is 5.43 Å². The Labute approximate surface area is 248 Å². The number of anilines is 3. The Kier molecular flexibility index (Phi) is 8.78. The monoisotopic (exact) mass is 553 g/mol. The fraction of sp³-hybridized carbons (Fsp3) is 0.135. The molecule has 0 aliphatic rings. The van der Waals surface area contributed by atoms with Gasteiger partial charge in [0.15, 0.2) is 0 Å². The van der Waals surface area contributed by atoms with Crippen molar-refractivity contribution in [3.05, 3.63) is 156 Å². The quantitative estimate of drug-likeness (QED) is 0.147. The van der Waals surface area contributed by atoms with Crippen LogP contribution in [0, 0.1) is 0 Å². The summed E-state index contributed by atoms with van der Waals surface area (Å²) >= 11 is 0. The van der Waals surface area contributed by atoms with Crippen LogP contribution in [0.5, 0.6) is 5.75 Å². The Morgan fingerprint density at radius 1 is 0.714 bits per heavy atom. The number of carbonyl (C=O) groups is 1. The summed E-state index contributed by atoms with van der Waals surface area (Å²) < 4.78 is 5.92. The molecule has 0 saturated carbocycles. The molecule has 0 aliphatic carbocycles. The molecule has 210 valence electrons. The van der Waals surface area contributed by atoms with Crippen LogP contribution in [0.4, 0.5) is 17.1 Å². The molecule has 0 aliphatic heterocycles. The lowest BCUT2D eigenvalue weighted by molar-refractivity contribution is 0.0955. The highest BCUT2D eigenvalue weighted by Gasteiger charge is 2.13. The van der Waals surface area contributed by atoms with E-state index in [1.54, 1.807) is 18.3 Å². The van der Waals surface area contributed by atoms with Crippen molar-refractivity contribution >= 4 is 29.2 Å². The average molecular weight is 554 g/mol. The number of hydrogen-bond donors (Lipinski definition) is 1. The summed E-state index contributed by atoms with van der Waals surface area (Å²) in [5.74, 6) is 0.549. The van der Waals surface area contributed by atoms with Crippen molar-refractivity contribution in [2.45, 2.75) is 32.8 Å². The smallest absolute Gasteiger partial charge is 0.271 e. The van der Waals surface area contributed by atoms with Gasteiger partial charge >= 0.3 is 0 Å². The van der Waals surface area contributed by atoms with Crippen LogP contribution < -0.4 is 15.1 Å². The van der Waals surface area contributed by atoms with Gasteiger partial charge in [-0.2, -0.15) is 5.10 Å². The molecule has 0 saturated heterocycles. The molecule has 42 heavy (non-hydrogen) atoms. The zero-order valence-electron chi connectivity index (χ0n) is 24.2. The minimum absolute atomic E-state index is 0.108. The summed E-state index contributed by atoms with van der Waals surface area (Å²) in [6.07, 6.45) is 1.64. The number of nitrogens with zero attached hydrogens (tertiary/aromatic N) is 2. The molecule has 1 amide bonds. The van der Waals surface area contributed by atoms with Gasteiger partial charge in [0.25, 0.3) is 5.91 Å². The van der Waals surface area contributed by atoms with E-state index < -0.39 is 0 Å². The number of amides is 1. The standard InChI is InChI=1S/C37H35N3O2/c1-37(2,3)31-20-24-35(25-21-31)42-27-29-14-18-30(19-15-29)36(41)39-38-26-28-16-22-34(23-17-28)40(32-10-6-4-7-11-32)33-12-8-5-9-13-33/h4-26H,27H2,1-3H3,(H,39,41)/b38-26+. The molecular weight excluding hydrogens is 518 g/mol. The summed E-state index contributed by atoms with van der Waals surface area (Å²) in [4.78, 5) is 14.8. The maximum Gasteiger partial charge on any atom is 0.271 e. The first kappa shape index (κ1) is 28.4. The molecule has 5 heteroatoms. The molecule has 0 aromatic heterocycles. The van der Waals surface area contributed by atoms with E-state index in [9.17, 15) is 4.79 Å². The van der Waals surface area contributed by atoms with Crippen LogP contribution in [0.1, 0.15) is 47.8 Å². The Bertz CT molecular complexity index is 1570. The molecule has 0 fully saturated rings. The van der Waals surface area contributed by atoms with Crippen molar-refractivity contribution in [2.24, 2.45) is 5.10 Å². The van der Waals surface area contributed by atoms with Crippen molar-refractivity contribution in [2.75, 3.05) is 4.90 Å². The second-order valence-electron chi connectivity index (χ2n) is 11.1. The zero-order valence-corrected chi connectivity index (χ0v) is 24.2. The Morgan fingerprint density at radius 3 is 1.81 bits per heavy atom. The topological polar surface area (TPSA) is 53.9 Å². The van der Waals surface area contributed by atoms with E-state index in [0.717, 1.165) is 33.9 Å². The molecule has 1 N–H and O–H groups in total. The van der Waals surface area contributed by atoms with Crippen molar-refractivity contribution in [3.8, 4) is 5.75 Å². The Balaban J connectivity index is 1.16. The highest BCUT2D eigenvalue weighted by atomic mass is 16.5. The van der Waals surface area contributed by atoms with Crippen molar-refractivity contribution < 1.29 is 9.53 Å².